The van der Waals surface area contributed by atoms with Crippen LogP contribution in [0.15, 0.2) is 48.8 Å². The van der Waals surface area contributed by atoms with Gasteiger partial charge in [-0.3, -0.25) is 14.8 Å². The van der Waals surface area contributed by atoms with Gasteiger partial charge >= 0.3 is 0 Å². The van der Waals surface area contributed by atoms with E-state index in [9.17, 15) is 9.90 Å². The molecule has 4 aromatic rings. The highest BCUT2D eigenvalue weighted by atomic mass is 35.5. The molecule has 1 saturated heterocycles. The van der Waals surface area contributed by atoms with E-state index in [4.69, 9.17) is 37.7 Å². The standard InChI is InChI=1S/C32H35Cl2N7O4/c1-18(17-42)36-16-27-32(45-3)41-25(15-38-27)23-9-5-7-21(30(23)34)20-6-4-8-22(29(20)33)24-14-37-26(31(40-24)44-2)13-35-12-19-10-11-28(43)39-19/h4-9,14-15,18-19,35-36,42H,10-13,16-17H2,1-3H3,(H,39,43)/t18-,19+/m1/s1. The molecule has 2 aromatic heterocycles. The van der Waals surface area contributed by atoms with E-state index in [1.807, 2.05) is 43.3 Å². The topological polar surface area (TPSA) is 143 Å². The summed E-state index contributed by atoms with van der Waals surface area (Å²) in [4.78, 5) is 30.0. The molecule has 236 valence electrons. The van der Waals surface area contributed by atoms with E-state index in [1.54, 1.807) is 19.5 Å². The monoisotopic (exact) mass is 651 g/mol. The molecule has 1 aliphatic rings. The third-order valence-electron chi connectivity index (χ3n) is 7.51. The zero-order chi connectivity index (χ0) is 31.9. The molecule has 2 atom stereocenters. The van der Waals surface area contributed by atoms with Crippen LogP contribution in [0, 0.1) is 0 Å². The van der Waals surface area contributed by atoms with Crippen molar-refractivity contribution in [2.24, 2.45) is 0 Å². The minimum atomic E-state index is -0.0945. The van der Waals surface area contributed by atoms with Crippen LogP contribution in [-0.2, 0) is 17.9 Å². The second kappa shape index (κ2) is 14.9. The summed E-state index contributed by atoms with van der Waals surface area (Å²) >= 11 is 14.0. The van der Waals surface area contributed by atoms with Crippen molar-refractivity contribution in [3.05, 3.63) is 70.2 Å². The highest BCUT2D eigenvalue weighted by molar-refractivity contribution is 6.39. The maximum atomic E-state index is 11.5. The summed E-state index contributed by atoms with van der Waals surface area (Å²) in [6, 6.07) is 11.3. The Kier molecular flexibility index (Phi) is 10.8. The van der Waals surface area contributed by atoms with Gasteiger partial charge in [0.05, 0.1) is 54.7 Å². The molecule has 3 heterocycles. The Bertz CT molecular complexity index is 1670. The Morgan fingerprint density at radius 3 is 1.93 bits per heavy atom. The van der Waals surface area contributed by atoms with Gasteiger partial charge in [0.2, 0.25) is 17.7 Å². The van der Waals surface area contributed by atoms with Crippen molar-refractivity contribution in [2.45, 2.75) is 44.9 Å². The van der Waals surface area contributed by atoms with Crippen molar-refractivity contribution in [1.29, 1.82) is 0 Å². The van der Waals surface area contributed by atoms with Gasteiger partial charge in [0.15, 0.2) is 0 Å². The van der Waals surface area contributed by atoms with Gasteiger partial charge in [0, 0.05) is 60.4 Å². The Hall–Kier alpha value is -3.87. The number of halogens is 2. The predicted octanol–water partition coefficient (Wildman–Crippen LogP) is 4.43. The van der Waals surface area contributed by atoms with E-state index >= 15 is 0 Å². The summed E-state index contributed by atoms with van der Waals surface area (Å²) in [7, 11) is 3.09. The SMILES string of the molecule is COc1nc(-c2cccc(-c3cccc(-c4cnc(CN[C@H](C)CO)c(OC)n4)c3Cl)c2Cl)cnc1CNC[C@@H]1CCC(=O)N1. The number of carbonyl (C=O) groups excluding carboxylic acids is 1. The molecule has 1 aliphatic heterocycles. The Morgan fingerprint density at radius 2 is 1.44 bits per heavy atom. The van der Waals surface area contributed by atoms with Crippen molar-refractivity contribution in [2.75, 3.05) is 27.4 Å². The number of aliphatic hydroxyl groups excluding tert-OH is 1. The first-order chi connectivity index (χ1) is 21.8. The molecule has 0 unspecified atom stereocenters. The van der Waals surface area contributed by atoms with Gasteiger partial charge in [0.1, 0.15) is 11.4 Å². The second-order valence-corrected chi connectivity index (χ2v) is 11.4. The first-order valence-electron chi connectivity index (χ1n) is 14.5. The molecule has 0 radical (unpaired) electrons. The zero-order valence-corrected chi connectivity index (χ0v) is 26.7. The fourth-order valence-electron chi connectivity index (χ4n) is 5.03. The van der Waals surface area contributed by atoms with Crippen LogP contribution in [0.5, 0.6) is 11.8 Å². The molecular formula is C32H35Cl2N7O4. The summed E-state index contributed by atoms with van der Waals surface area (Å²) in [5.74, 6) is 0.828. The van der Waals surface area contributed by atoms with Crippen LogP contribution >= 0.6 is 23.2 Å². The molecule has 4 N–H and O–H groups in total. The number of amides is 1. The van der Waals surface area contributed by atoms with E-state index in [-0.39, 0.29) is 24.6 Å². The maximum Gasteiger partial charge on any atom is 0.237 e. The number of hydrogen-bond donors (Lipinski definition) is 4. The minimum absolute atomic E-state index is 0.00613. The number of ether oxygens (including phenoxy) is 2. The van der Waals surface area contributed by atoms with Gasteiger partial charge in [-0.15, -0.1) is 0 Å². The number of carbonyl (C=O) groups is 1. The first kappa shape index (κ1) is 32.5. The predicted molar refractivity (Wildman–Crippen MR) is 173 cm³/mol. The molecule has 11 nitrogen and oxygen atoms in total. The molecule has 1 fully saturated rings. The molecule has 1 amide bonds. The first-order valence-corrected chi connectivity index (χ1v) is 15.3. The van der Waals surface area contributed by atoms with Gasteiger partial charge in [-0.25, -0.2) is 9.97 Å². The van der Waals surface area contributed by atoms with Crippen LogP contribution in [0.25, 0.3) is 33.6 Å². The van der Waals surface area contributed by atoms with Crippen LogP contribution in [0.3, 0.4) is 0 Å². The van der Waals surface area contributed by atoms with E-state index in [2.05, 4.69) is 30.9 Å². The van der Waals surface area contributed by atoms with Crippen LogP contribution in [0.1, 0.15) is 31.2 Å². The van der Waals surface area contributed by atoms with Crippen LogP contribution in [0.2, 0.25) is 10.0 Å². The molecule has 0 bridgehead atoms. The van der Waals surface area contributed by atoms with E-state index in [1.165, 1.54) is 7.11 Å². The van der Waals surface area contributed by atoms with Gasteiger partial charge in [-0.2, -0.15) is 0 Å². The largest absolute Gasteiger partial charge is 0.480 e. The minimum Gasteiger partial charge on any atom is -0.480 e. The van der Waals surface area contributed by atoms with Crippen molar-refractivity contribution < 1.29 is 19.4 Å². The third-order valence-corrected chi connectivity index (χ3v) is 8.32. The number of nitrogens with one attached hydrogen (secondary N) is 3. The second-order valence-electron chi connectivity index (χ2n) is 10.7. The lowest BCUT2D eigenvalue weighted by molar-refractivity contribution is -0.119. The van der Waals surface area contributed by atoms with E-state index < -0.39 is 0 Å². The lowest BCUT2D eigenvalue weighted by atomic mass is 9.98. The van der Waals surface area contributed by atoms with E-state index in [0.717, 1.165) is 6.42 Å². The Morgan fingerprint density at radius 1 is 0.911 bits per heavy atom. The van der Waals surface area contributed by atoms with Crippen molar-refractivity contribution in [3.8, 4) is 45.4 Å². The maximum absolute atomic E-state index is 11.5. The van der Waals surface area contributed by atoms with E-state index in [0.29, 0.717) is 92.9 Å². The summed E-state index contributed by atoms with van der Waals surface area (Å²) in [5, 5.41) is 19.7. The number of rotatable bonds is 13. The quantitative estimate of drug-likeness (QED) is 0.164. The van der Waals surface area contributed by atoms with Gasteiger partial charge in [-0.05, 0) is 13.3 Å². The van der Waals surface area contributed by atoms with Crippen LogP contribution in [-0.4, -0.2) is 70.4 Å². The molecule has 45 heavy (non-hydrogen) atoms. The molecule has 0 saturated carbocycles. The zero-order valence-electron chi connectivity index (χ0n) is 25.2. The summed E-state index contributed by atoms with van der Waals surface area (Å²) in [6.07, 6.45) is 4.68. The highest BCUT2D eigenvalue weighted by Crippen LogP contribution is 2.42. The molecule has 5 rings (SSSR count). The summed E-state index contributed by atoms with van der Waals surface area (Å²) in [6.45, 7) is 3.34. The van der Waals surface area contributed by atoms with Crippen molar-refractivity contribution in [1.82, 2.24) is 35.9 Å². The normalized spacial score (nSPS) is 15.2. The number of nitrogens with zero attached hydrogens (tertiary/aromatic N) is 4. The van der Waals surface area contributed by atoms with Gasteiger partial charge < -0.3 is 30.5 Å². The van der Waals surface area contributed by atoms with Crippen molar-refractivity contribution >= 4 is 29.1 Å². The fourth-order valence-corrected chi connectivity index (χ4v) is 5.68. The average Bonchev–Trinajstić information content (AvgIpc) is 3.48. The van der Waals surface area contributed by atoms with Crippen molar-refractivity contribution in [3.63, 3.8) is 0 Å². The lowest BCUT2D eigenvalue weighted by Crippen LogP contribution is -2.35. The van der Waals surface area contributed by atoms with Crippen LogP contribution < -0.4 is 25.4 Å². The Balaban J connectivity index is 1.40. The number of methoxy groups -OCH3 is 2. The Labute approximate surface area is 271 Å². The van der Waals surface area contributed by atoms with Crippen LogP contribution in [0.4, 0.5) is 0 Å². The molecule has 0 spiro atoms. The average molecular weight is 653 g/mol. The number of aromatic nitrogens is 4. The van der Waals surface area contributed by atoms with Gasteiger partial charge in [0.25, 0.3) is 0 Å². The molecule has 13 heteroatoms. The molecule has 2 aromatic carbocycles. The summed E-state index contributed by atoms with van der Waals surface area (Å²) in [5.41, 5.74) is 5.12. The number of benzene rings is 2. The van der Waals surface area contributed by atoms with Gasteiger partial charge in [-0.1, -0.05) is 59.6 Å². The molecule has 0 aliphatic carbocycles. The summed E-state index contributed by atoms with van der Waals surface area (Å²) < 4.78 is 11.1. The lowest BCUT2D eigenvalue weighted by Gasteiger charge is -2.16. The smallest absolute Gasteiger partial charge is 0.237 e. The fraction of sp³-hybridized carbons (Fsp3) is 0.344. The number of aliphatic hydroxyl groups is 1. The third kappa shape index (κ3) is 7.51. The highest BCUT2D eigenvalue weighted by Gasteiger charge is 2.21. The molecular weight excluding hydrogens is 617 g/mol. The number of hydrogen-bond acceptors (Lipinski definition) is 10.